The van der Waals surface area contributed by atoms with Crippen LogP contribution in [0, 0.1) is 5.92 Å². The van der Waals surface area contributed by atoms with E-state index < -0.39 is 0 Å². The van der Waals surface area contributed by atoms with Crippen LogP contribution in [0.5, 0.6) is 0 Å². The van der Waals surface area contributed by atoms with Crippen molar-refractivity contribution in [3.8, 4) is 0 Å². The Balaban J connectivity index is 1.88. The molecule has 3 heteroatoms. The van der Waals surface area contributed by atoms with Crippen molar-refractivity contribution in [3.05, 3.63) is 0 Å². The summed E-state index contributed by atoms with van der Waals surface area (Å²) in [5.41, 5.74) is 0. The van der Waals surface area contributed by atoms with Gasteiger partial charge in [-0.1, -0.05) is 19.3 Å². The maximum atomic E-state index is 11.3. The van der Waals surface area contributed by atoms with E-state index in [4.69, 9.17) is 0 Å². The van der Waals surface area contributed by atoms with Crippen molar-refractivity contribution >= 4 is 5.91 Å². The minimum absolute atomic E-state index is 0.233. The van der Waals surface area contributed by atoms with Crippen molar-refractivity contribution in [1.82, 2.24) is 10.2 Å². The molecular formula is C11H20N2O. The Labute approximate surface area is 85.8 Å². The first-order chi connectivity index (χ1) is 6.77. The van der Waals surface area contributed by atoms with Crippen LogP contribution < -0.4 is 5.32 Å². The highest BCUT2D eigenvalue weighted by atomic mass is 16.2. The molecular weight excluding hydrogens is 176 g/mol. The summed E-state index contributed by atoms with van der Waals surface area (Å²) in [5.74, 6) is 1.04. The molecule has 1 amide bonds. The van der Waals surface area contributed by atoms with Gasteiger partial charge >= 0.3 is 0 Å². The summed E-state index contributed by atoms with van der Waals surface area (Å²) in [4.78, 5) is 13.2. The van der Waals surface area contributed by atoms with Gasteiger partial charge < -0.3 is 10.2 Å². The van der Waals surface area contributed by atoms with E-state index in [9.17, 15) is 4.79 Å². The highest BCUT2D eigenvalue weighted by Gasteiger charge is 2.29. The van der Waals surface area contributed by atoms with Gasteiger partial charge in [0.2, 0.25) is 5.91 Å². The van der Waals surface area contributed by atoms with E-state index >= 15 is 0 Å². The molecule has 0 spiro atoms. The number of nitrogens with zero attached hydrogens (tertiary/aromatic N) is 1. The fourth-order valence-corrected chi connectivity index (χ4v) is 2.67. The average molecular weight is 196 g/mol. The van der Waals surface area contributed by atoms with E-state index in [1.807, 2.05) is 11.9 Å². The second-order valence-corrected chi connectivity index (χ2v) is 4.66. The van der Waals surface area contributed by atoms with Gasteiger partial charge in [-0.3, -0.25) is 4.79 Å². The normalized spacial score (nSPS) is 30.8. The summed E-state index contributed by atoms with van der Waals surface area (Å²) in [6.07, 6.45) is 6.85. The fourth-order valence-electron chi connectivity index (χ4n) is 2.67. The zero-order chi connectivity index (χ0) is 9.97. The number of carbonyl (C=O) groups excluding carboxylic acids is 1. The quantitative estimate of drug-likeness (QED) is 0.678. The second kappa shape index (κ2) is 4.30. The van der Waals surface area contributed by atoms with Gasteiger partial charge in [0.25, 0.3) is 0 Å². The van der Waals surface area contributed by atoms with Crippen LogP contribution in [0.1, 0.15) is 32.1 Å². The van der Waals surface area contributed by atoms with Gasteiger partial charge in [0, 0.05) is 19.6 Å². The van der Waals surface area contributed by atoms with Crippen LogP contribution in [0.25, 0.3) is 0 Å². The molecule has 0 aromatic rings. The van der Waals surface area contributed by atoms with Crippen molar-refractivity contribution in [3.63, 3.8) is 0 Å². The first kappa shape index (κ1) is 9.97. The smallest absolute Gasteiger partial charge is 0.236 e. The molecule has 3 nitrogen and oxygen atoms in total. The Morgan fingerprint density at radius 1 is 1.29 bits per heavy atom. The van der Waals surface area contributed by atoms with Crippen molar-refractivity contribution in [2.24, 2.45) is 5.92 Å². The Hall–Kier alpha value is -0.570. The number of nitrogens with one attached hydrogen (secondary N) is 1. The minimum Gasteiger partial charge on any atom is -0.343 e. The first-order valence-electron chi connectivity index (χ1n) is 5.75. The predicted molar refractivity (Wildman–Crippen MR) is 56.0 cm³/mol. The van der Waals surface area contributed by atoms with Gasteiger partial charge in [-0.05, 0) is 18.8 Å². The topological polar surface area (TPSA) is 32.3 Å². The van der Waals surface area contributed by atoms with Crippen molar-refractivity contribution in [1.29, 1.82) is 0 Å². The molecule has 1 saturated heterocycles. The lowest BCUT2D eigenvalue weighted by Gasteiger charge is -2.37. The molecule has 1 atom stereocenters. The highest BCUT2D eigenvalue weighted by molar-refractivity contribution is 5.78. The maximum Gasteiger partial charge on any atom is 0.236 e. The molecule has 2 fully saturated rings. The van der Waals surface area contributed by atoms with E-state index in [0.29, 0.717) is 12.6 Å². The van der Waals surface area contributed by atoms with Crippen molar-refractivity contribution in [2.75, 3.05) is 20.1 Å². The third kappa shape index (κ3) is 2.08. The number of likely N-dealkylation sites (N-methyl/N-ethyl adjacent to an activating group) is 1. The average Bonchev–Trinajstić information content (AvgIpc) is 2.23. The van der Waals surface area contributed by atoms with Crippen LogP contribution in [0.4, 0.5) is 0 Å². The molecule has 1 heterocycles. The van der Waals surface area contributed by atoms with Crippen LogP contribution in [0.2, 0.25) is 0 Å². The van der Waals surface area contributed by atoms with E-state index in [1.165, 1.54) is 32.1 Å². The standard InChI is InChI=1S/C11H20N2O/c1-13-8-10(12-7-11(13)14)9-5-3-2-4-6-9/h9-10,12H,2-8H2,1H3. The summed E-state index contributed by atoms with van der Waals surface area (Å²) in [6, 6.07) is 0.554. The van der Waals surface area contributed by atoms with Crippen LogP contribution in [-0.4, -0.2) is 37.0 Å². The molecule has 1 saturated carbocycles. The molecule has 2 aliphatic rings. The van der Waals surface area contributed by atoms with E-state index in [1.54, 1.807) is 0 Å². The maximum absolute atomic E-state index is 11.3. The van der Waals surface area contributed by atoms with Crippen molar-refractivity contribution in [2.45, 2.75) is 38.1 Å². The van der Waals surface area contributed by atoms with Gasteiger partial charge in [0.1, 0.15) is 0 Å². The number of hydrogen-bond acceptors (Lipinski definition) is 2. The fraction of sp³-hybridized carbons (Fsp3) is 0.909. The third-order valence-electron chi connectivity index (χ3n) is 3.63. The molecule has 1 aliphatic heterocycles. The molecule has 0 radical (unpaired) electrons. The molecule has 0 aromatic carbocycles. The summed E-state index contributed by atoms with van der Waals surface area (Å²) in [7, 11) is 1.92. The van der Waals surface area contributed by atoms with Gasteiger partial charge in [0.15, 0.2) is 0 Å². The molecule has 80 valence electrons. The van der Waals surface area contributed by atoms with Crippen LogP contribution in [0.3, 0.4) is 0 Å². The molecule has 14 heavy (non-hydrogen) atoms. The lowest BCUT2D eigenvalue weighted by atomic mass is 9.83. The van der Waals surface area contributed by atoms with Crippen LogP contribution >= 0.6 is 0 Å². The van der Waals surface area contributed by atoms with E-state index in [2.05, 4.69) is 5.32 Å². The first-order valence-corrected chi connectivity index (χ1v) is 5.75. The summed E-state index contributed by atoms with van der Waals surface area (Å²) in [6.45, 7) is 1.45. The molecule has 1 N–H and O–H groups in total. The van der Waals surface area contributed by atoms with Crippen molar-refractivity contribution < 1.29 is 4.79 Å². The summed E-state index contributed by atoms with van der Waals surface area (Å²) < 4.78 is 0. The Kier molecular flexibility index (Phi) is 3.06. The lowest BCUT2D eigenvalue weighted by molar-refractivity contribution is -0.132. The Bertz CT molecular complexity index is 211. The molecule has 2 rings (SSSR count). The molecule has 1 aliphatic carbocycles. The molecule has 0 bridgehead atoms. The van der Waals surface area contributed by atoms with Crippen LogP contribution in [0.15, 0.2) is 0 Å². The number of amides is 1. The van der Waals surface area contributed by atoms with Gasteiger partial charge in [-0.25, -0.2) is 0 Å². The van der Waals surface area contributed by atoms with E-state index in [0.717, 1.165) is 12.5 Å². The summed E-state index contributed by atoms with van der Waals surface area (Å²) in [5, 5.41) is 3.38. The molecule has 0 aromatic heterocycles. The monoisotopic (exact) mass is 196 g/mol. The van der Waals surface area contributed by atoms with E-state index in [-0.39, 0.29) is 5.91 Å². The van der Waals surface area contributed by atoms with Gasteiger partial charge in [0.05, 0.1) is 6.54 Å². The molecule has 1 unspecified atom stereocenters. The zero-order valence-corrected chi connectivity index (χ0v) is 8.96. The number of rotatable bonds is 1. The summed E-state index contributed by atoms with van der Waals surface area (Å²) >= 11 is 0. The number of carbonyl (C=O) groups is 1. The Morgan fingerprint density at radius 3 is 2.64 bits per heavy atom. The largest absolute Gasteiger partial charge is 0.343 e. The number of hydrogen-bond donors (Lipinski definition) is 1. The second-order valence-electron chi connectivity index (χ2n) is 4.66. The minimum atomic E-state index is 0.233. The predicted octanol–water partition coefficient (Wildman–Crippen LogP) is 0.997. The number of piperazine rings is 1. The lowest BCUT2D eigenvalue weighted by Crippen LogP contribution is -2.55. The van der Waals surface area contributed by atoms with Gasteiger partial charge in [-0.15, -0.1) is 0 Å². The van der Waals surface area contributed by atoms with Gasteiger partial charge in [-0.2, -0.15) is 0 Å². The van der Waals surface area contributed by atoms with Crippen LogP contribution in [-0.2, 0) is 4.79 Å². The SMILES string of the molecule is CN1CC(C2CCCCC2)NCC1=O. The Morgan fingerprint density at radius 2 is 2.00 bits per heavy atom. The highest BCUT2D eigenvalue weighted by Crippen LogP contribution is 2.27. The zero-order valence-electron chi connectivity index (χ0n) is 8.96. The third-order valence-corrected chi connectivity index (χ3v) is 3.63.